The van der Waals surface area contributed by atoms with Gasteiger partial charge in [0.1, 0.15) is 4.60 Å². The molecule has 0 saturated carbocycles. The van der Waals surface area contributed by atoms with Crippen molar-refractivity contribution < 1.29 is 14.7 Å². The number of nitrogens with zero attached hydrogens (tertiary/aromatic N) is 3. The Hall–Kier alpha value is -1.41. The van der Waals surface area contributed by atoms with Crippen LogP contribution in [0.25, 0.3) is 0 Å². The Labute approximate surface area is 131 Å². The molecule has 1 aromatic heterocycles. The van der Waals surface area contributed by atoms with Crippen LogP contribution in [0.1, 0.15) is 29.6 Å². The zero-order valence-corrected chi connectivity index (χ0v) is 13.7. The summed E-state index contributed by atoms with van der Waals surface area (Å²) >= 11 is 3.32. The number of carbonyl (C=O) groups is 2. The van der Waals surface area contributed by atoms with Crippen molar-refractivity contribution in [2.75, 3.05) is 20.1 Å². The topological polar surface area (TPSA) is 87.5 Å². The summed E-state index contributed by atoms with van der Waals surface area (Å²) in [6.07, 6.45) is 2.68. The Morgan fingerprint density at radius 2 is 2.29 bits per heavy atom. The number of rotatable bonds is 3. The first-order valence-corrected chi connectivity index (χ1v) is 7.55. The maximum absolute atomic E-state index is 12.5. The van der Waals surface area contributed by atoms with Gasteiger partial charge in [-0.25, -0.2) is 0 Å². The zero-order valence-electron chi connectivity index (χ0n) is 12.1. The van der Waals surface area contributed by atoms with E-state index in [1.807, 2.05) is 0 Å². The number of β-amino-alcohol motifs (C(OH)–C–C–N with tert-alkyl or cyclic N) is 1. The Bertz CT molecular complexity index is 560. The van der Waals surface area contributed by atoms with Crippen molar-refractivity contribution >= 4 is 27.7 Å². The number of nitrogens with one attached hydrogen (secondary N) is 1. The molecule has 116 valence electrons. The number of hydrogen-bond donors (Lipinski definition) is 2. The first-order chi connectivity index (χ1) is 9.86. The van der Waals surface area contributed by atoms with Gasteiger partial charge >= 0.3 is 0 Å². The lowest BCUT2D eigenvalue weighted by molar-refractivity contribution is -0.127. The van der Waals surface area contributed by atoms with Crippen LogP contribution in [0.15, 0.2) is 10.8 Å². The van der Waals surface area contributed by atoms with E-state index < -0.39 is 5.60 Å². The van der Waals surface area contributed by atoms with E-state index in [1.54, 1.807) is 16.6 Å². The smallest absolute Gasteiger partial charge is 0.258 e. The molecule has 1 unspecified atom stereocenters. The van der Waals surface area contributed by atoms with Gasteiger partial charge < -0.3 is 15.3 Å². The van der Waals surface area contributed by atoms with E-state index in [9.17, 15) is 14.7 Å². The average molecular weight is 359 g/mol. The van der Waals surface area contributed by atoms with Gasteiger partial charge in [-0.2, -0.15) is 5.10 Å². The normalized spacial score (nSPS) is 22.2. The summed E-state index contributed by atoms with van der Waals surface area (Å²) in [5.41, 5.74) is -0.704. The molecule has 0 aliphatic carbocycles. The lowest BCUT2D eigenvalue weighted by Gasteiger charge is -2.38. The SMILES string of the molecule is CNC(=O)CC1(O)CCCN(C(=O)c2cnn(C)c2Br)C1. The summed E-state index contributed by atoms with van der Waals surface area (Å²) in [5.74, 6) is -0.417. The molecule has 0 aromatic carbocycles. The third-order valence-electron chi connectivity index (χ3n) is 3.71. The second-order valence-corrected chi connectivity index (χ2v) is 6.13. The molecule has 0 bridgehead atoms. The van der Waals surface area contributed by atoms with Crippen LogP contribution in [0.4, 0.5) is 0 Å². The van der Waals surface area contributed by atoms with Gasteiger partial charge in [-0.15, -0.1) is 0 Å². The largest absolute Gasteiger partial charge is 0.388 e. The number of piperidine rings is 1. The van der Waals surface area contributed by atoms with E-state index >= 15 is 0 Å². The molecule has 7 nitrogen and oxygen atoms in total. The molecule has 0 spiro atoms. The van der Waals surface area contributed by atoms with Crippen LogP contribution in [0.2, 0.25) is 0 Å². The molecule has 0 radical (unpaired) electrons. The van der Waals surface area contributed by atoms with Gasteiger partial charge in [-0.3, -0.25) is 14.3 Å². The van der Waals surface area contributed by atoms with Crippen LogP contribution < -0.4 is 5.32 Å². The fourth-order valence-electron chi connectivity index (χ4n) is 2.55. The average Bonchev–Trinajstić information content (AvgIpc) is 2.77. The Morgan fingerprint density at radius 3 is 2.86 bits per heavy atom. The predicted molar refractivity (Wildman–Crippen MR) is 79.7 cm³/mol. The van der Waals surface area contributed by atoms with E-state index in [-0.39, 0.29) is 24.8 Å². The molecule has 2 N–H and O–H groups in total. The number of amides is 2. The van der Waals surface area contributed by atoms with E-state index in [0.29, 0.717) is 29.6 Å². The fraction of sp³-hybridized carbons (Fsp3) is 0.615. The van der Waals surface area contributed by atoms with Crippen LogP contribution in [0.3, 0.4) is 0 Å². The molecule has 2 amide bonds. The van der Waals surface area contributed by atoms with Crippen molar-refractivity contribution in [1.29, 1.82) is 0 Å². The quantitative estimate of drug-likeness (QED) is 0.812. The molecular formula is C13H19BrN4O3. The molecule has 21 heavy (non-hydrogen) atoms. The summed E-state index contributed by atoms with van der Waals surface area (Å²) in [7, 11) is 3.27. The van der Waals surface area contributed by atoms with E-state index in [2.05, 4.69) is 26.3 Å². The molecule has 2 heterocycles. The van der Waals surface area contributed by atoms with Crippen LogP contribution in [-0.4, -0.2) is 57.3 Å². The summed E-state index contributed by atoms with van der Waals surface area (Å²) in [5, 5.41) is 17.1. The minimum absolute atomic E-state index is 0.00148. The minimum Gasteiger partial charge on any atom is -0.388 e. The van der Waals surface area contributed by atoms with Gasteiger partial charge in [0.2, 0.25) is 5.91 Å². The highest BCUT2D eigenvalue weighted by atomic mass is 79.9. The van der Waals surface area contributed by atoms with Gasteiger partial charge in [-0.1, -0.05) is 0 Å². The van der Waals surface area contributed by atoms with Crippen molar-refractivity contribution in [3.63, 3.8) is 0 Å². The summed E-state index contributed by atoms with van der Waals surface area (Å²) in [6, 6.07) is 0. The van der Waals surface area contributed by atoms with Gasteiger partial charge in [0, 0.05) is 20.6 Å². The van der Waals surface area contributed by atoms with Crippen LogP contribution in [0, 0.1) is 0 Å². The van der Waals surface area contributed by atoms with E-state index in [0.717, 1.165) is 0 Å². The molecule has 1 saturated heterocycles. The monoisotopic (exact) mass is 358 g/mol. The van der Waals surface area contributed by atoms with Crippen molar-refractivity contribution in [2.45, 2.75) is 24.9 Å². The molecule has 1 fully saturated rings. The van der Waals surface area contributed by atoms with Crippen molar-refractivity contribution in [2.24, 2.45) is 7.05 Å². The number of likely N-dealkylation sites (tertiary alicyclic amines) is 1. The van der Waals surface area contributed by atoms with Gasteiger partial charge in [0.25, 0.3) is 5.91 Å². The maximum Gasteiger partial charge on any atom is 0.258 e. The highest BCUT2D eigenvalue weighted by Crippen LogP contribution is 2.27. The lowest BCUT2D eigenvalue weighted by Crippen LogP contribution is -2.52. The number of hydrogen-bond acceptors (Lipinski definition) is 4. The van der Waals surface area contributed by atoms with E-state index in [4.69, 9.17) is 0 Å². The lowest BCUT2D eigenvalue weighted by atomic mass is 9.89. The number of aryl methyl sites for hydroxylation is 1. The molecule has 1 atom stereocenters. The molecule has 8 heteroatoms. The van der Waals surface area contributed by atoms with Gasteiger partial charge in [-0.05, 0) is 28.8 Å². The number of aliphatic hydroxyl groups is 1. The Morgan fingerprint density at radius 1 is 1.57 bits per heavy atom. The Balaban J connectivity index is 2.12. The Kier molecular flexibility index (Phi) is 4.67. The van der Waals surface area contributed by atoms with Gasteiger partial charge in [0.15, 0.2) is 0 Å². The summed E-state index contributed by atoms with van der Waals surface area (Å²) < 4.78 is 2.17. The van der Waals surface area contributed by atoms with Crippen LogP contribution in [0.5, 0.6) is 0 Å². The second-order valence-electron chi connectivity index (χ2n) is 5.38. The first-order valence-electron chi connectivity index (χ1n) is 6.76. The van der Waals surface area contributed by atoms with E-state index in [1.165, 1.54) is 13.2 Å². The molecular weight excluding hydrogens is 340 g/mol. The standard InChI is InChI=1S/C13H19BrN4O3/c1-15-10(19)6-13(21)4-3-5-18(8-13)12(20)9-7-16-17(2)11(9)14/h7,21H,3-6,8H2,1-2H3,(H,15,19). The van der Waals surface area contributed by atoms with Crippen molar-refractivity contribution in [3.05, 3.63) is 16.4 Å². The molecule has 1 aromatic rings. The van der Waals surface area contributed by atoms with Crippen molar-refractivity contribution in [1.82, 2.24) is 20.0 Å². The highest BCUT2D eigenvalue weighted by Gasteiger charge is 2.37. The zero-order chi connectivity index (χ0) is 15.6. The molecule has 1 aliphatic heterocycles. The number of carbonyl (C=O) groups excluding carboxylic acids is 2. The van der Waals surface area contributed by atoms with Crippen LogP contribution in [-0.2, 0) is 11.8 Å². The minimum atomic E-state index is -1.16. The number of aromatic nitrogens is 2. The highest BCUT2D eigenvalue weighted by molar-refractivity contribution is 9.10. The van der Waals surface area contributed by atoms with Crippen molar-refractivity contribution in [3.8, 4) is 0 Å². The molecule has 1 aliphatic rings. The number of halogens is 1. The maximum atomic E-state index is 12.5. The third kappa shape index (κ3) is 3.44. The van der Waals surface area contributed by atoms with Crippen LogP contribution >= 0.6 is 15.9 Å². The predicted octanol–water partition coefficient (Wildman–Crippen LogP) is 0.286. The molecule has 2 rings (SSSR count). The fourth-order valence-corrected chi connectivity index (χ4v) is 2.92. The third-order valence-corrected chi connectivity index (χ3v) is 4.65. The first kappa shape index (κ1) is 16.0. The summed E-state index contributed by atoms with van der Waals surface area (Å²) in [4.78, 5) is 25.6. The summed E-state index contributed by atoms with van der Waals surface area (Å²) in [6.45, 7) is 0.719. The second kappa shape index (κ2) is 6.15. The van der Waals surface area contributed by atoms with Gasteiger partial charge in [0.05, 0.1) is 30.3 Å².